The molecule has 1 aliphatic carbocycles. The highest BCUT2D eigenvalue weighted by Gasteiger charge is 2.25. The van der Waals surface area contributed by atoms with E-state index in [2.05, 4.69) is 9.83 Å². The summed E-state index contributed by atoms with van der Waals surface area (Å²) in [5, 5.41) is 0. The molecule has 0 bridgehead atoms. The van der Waals surface area contributed by atoms with E-state index in [1.807, 2.05) is 22.8 Å². The molecule has 1 aliphatic rings. The van der Waals surface area contributed by atoms with E-state index in [1.165, 1.54) is 18.9 Å². The van der Waals surface area contributed by atoms with Gasteiger partial charge in [-0.15, -0.1) is 0 Å². The van der Waals surface area contributed by atoms with Crippen molar-refractivity contribution in [3.05, 3.63) is 59.0 Å². The Morgan fingerprint density at radius 3 is 3.14 bits per heavy atom. The van der Waals surface area contributed by atoms with Crippen molar-refractivity contribution in [2.45, 2.75) is 25.3 Å². The summed E-state index contributed by atoms with van der Waals surface area (Å²) in [6, 6.07) is 5.85. The van der Waals surface area contributed by atoms with Gasteiger partial charge in [0, 0.05) is 0 Å². The lowest BCUT2D eigenvalue weighted by Crippen LogP contribution is -2.20. The van der Waals surface area contributed by atoms with Crippen LogP contribution in [0.3, 0.4) is 0 Å². The maximum absolute atomic E-state index is 11.8. The summed E-state index contributed by atoms with van der Waals surface area (Å²) in [7, 11) is 1.37. The number of fused-ring (bicyclic) bond motifs is 1. The van der Waals surface area contributed by atoms with E-state index in [9.17, 15) is 4.79 Å². The molecule has 1 aromatic heterocycles. The highest BCUT2D eigenvalue weighted by atomic mass is 16.5. The number of aryl methyl sites for hydroxylation is 1. The van der Waals surface area contributed by atoms with Crippen LogP contribution in [0.1, 0.15) is 40.5 Å². The highest BCUT2D eigenvalue weighted by molar-refractivity contribution is 5.87. The zero-order valence-corrected chi connectivity index (χ0v) is 11.7. The minimum Gasteiger partial charge on any atom is -0.464 e. The summed E-state index contributed by atoms with van der Waals surface area (Å²) < 4.78 is 6.69. The molecule has 5 heteroatoms. The first-order chi connectivity index (χ1) is 10.2. The van der Waals surface area contributed by atoms with Crippen LogP contribution >= 0.6 is 0 Å². The van der Waals surface area contributed by atoms with Crippen molar-refractivity contribution in [2.24, 2.45) is 0 Å². The van der Waals surface area contributed by atoms with Gasteiger partial charge < -0.3 is 9.30 Å². The summed E-state index contributed by atoms with van der Waals surface area (Å²) in [6.07, 6.45) is 6.16. The molecule has 0 amide bonds. The predicted octanol–water partition coefficient (Wildman–Crippen LogP) is 3.15. The average Bonchev–Trinajstić information content (AvgIpc) is 3.02. The number of carbonyl (C=O) groups is 1. The van der Waals surface area contributed by atoms with Crippen molar-refractivity contribution in [1.29, 1.82) is 0 Å². The lowest BCUT2D eigenvalue weighted by atomic mass is 9.87. The number of hydrogen-bond acceptors (Lipinski definition) is 3. The first-order valence-electron chi connectivity index (χ1n) is 6.85. The zero-order chi connectivity index (χ0) is 14.8. The first kappa shape index (κ1) is 13.4. The summed E-state index contributed by atoms with van der Waals surface area (Å²) in [6.45, 7) is 7.11. The largest absolute Gasteiger partial charge is 0.464 e. The van der Waals surface area contributed by atoms with Crippen LogP contribution in [0.4, 0.5) is 5.69 Å². The molecule has 106 valence electrons. The van der Waals surface area contributed by atoms with Crippen LogP contribution in [0.5, 0.6) is 0 Å². The molecule has 5 nitrogen and oxygen atoms in total. The second-order valence-corrected chi connectivity index (χ2v) is 5.08. The Balaban J connectivity index is 2.05. The van der Waals surface area contributed by atoms with Crippen LogP contribution in [0, 0.1) is 6.57 Å². The molecule has 1 atom stereocenters. The Morgan fingerprint density at radius 1 is 1.52 bits per heavy atom. The van der Waals surface area contributed by atoms with Gasteiger partial charge in [-0.3, -0.25) is 0 Å². The second kappa shape index (κ2) is 5.41. The van der Waals surface area contributed by atoms with Crippen LogP contribution in [0.15, 0.2) is 30.7 Å². The summed E-state index contributed by atoms with van der Waals surface area (Å²) in [4.78, 5) is 19.4. The molecule has 0 fully saturated rings. The number of esters is 1. The van der Waals surface area contributed by atoms with Crippen molar-refractivity contribution in [3.63, 3.8) is 0 Å². The normalized spacial score (nSPS) is 16.9. The number of nitrogens with zero attached hydrogens (tertiary/aromatic N) is 3. The molecule has 0 aliphatic heterocycles. The highest BCUT2D eigenvalue weighted by Crippen LogP contribution is 2.35. The number of rotatable bonds is 2. The fourth-order valence-electron chi connectivity index (χ4n) is 2.95. The van der Waals surface area contributed by atoms with Crippen LogP contribution in [-0.4, -0.2) is 22.6 Å². The van der Waals surface area contributed by atoms with Crippen LogP contribution in [0.25, 0.3) is 4.85 Å². The number of aromatic nitrogens is 2. The van der Waals surface area contributed by atoms with Gasteiger partial charge in [0.15, 0.2) is 5.69 Å². The van der Waals surface area contributed by atoms with Gasteiger partial charge >= 0.3 is 5.97 Å². The molecular weight excluding hydrogens is 266 g/mol. The lowest BCUT2D eigenvalue weighted by Gasteiger charge is -2.27. The van der Waals surface area contributed by atoms with Gasteiger partial charge in [0.25, 0.3) is 0 Å². The number of benzene rings is 1. The van der Waals surface area contributed by atoms with Crippen molar-refractivity contribution in [1.82, 2.24) is 9.55 Å². The third-order valence-electron chi connectivity index (χ3n) is 3.93. The number of imidazole rings is 1. The third kappa shape index (κ3) is 2.29. The molecule has 0 saturated heterocycles. The van der Waals surface area contributed by atoms with Gasteiger partial charge in [-0.25, -0.2) is 14.6 Å². The van der Waals surface area contributed by atoms with Crippen molar-refractivity contribution in [2.75, 3.05) is 7.11 Å². The van der Waals surface area contributed by atoms with Gasteiger partial charge in [0.2, 0.25) is 0 Å². The van der Waals surface area contributed by atoms with E-state index >= 15 is 0 Å². The molecule has 0 radical (unpaired) electrons. The van der Waals surface area contributed by atoms with E-state index < -0.39 is 0 Å². The molecule has 0 N–H and O–H groups in total. The number of ether oxygens (including phenoxy) is 1. The van der Waals surface area contributed by atoms with E-state index in [0.717, 1.165) is 24.8 Å². The SMILES string of the molecule is [C-]#[N+]c1ccc2c(c1)CCCC2n1cncc1C(=O)OC. The van der Waals surface area contributed by atoms with E-state index in [4.69, 9.17) is 11.3 Å². The molecule has 0 saturated carbocycles. The summed E-state index contributed by atoms with van der Waals surface area (Å²) >= 11 is 0. The lowest BCUT2D eigenvalue weighted by molar-refractivity contribution is 0.0586. The Hall–Kier alpha value is -2.61. The quantitative estimate of drug-likeness (QED) is 0.627. The molecule has 1 heterocycles. The molecule has 3 rings (SSSR count). The molecule has 1 unspecified atom stereocenters. The zero-order valence-electron chi connectivity index (χ0n) is 11.7. The standard InChI is InChI=1S/C16H15N3O2/c1-17-12-6-7-13-11(8-12)4-3-5-14(13)19-10-18-9-15(19)16(20)21-2/h6-10,14H,3-5H2,2H3. The molecular formula is C16H15N3O2. The number of methoxy groups -OCH3 is 1. The molecule has 1 aromatic carbocycles. The monoisotopic (exact) mass is 281 g/mol. The van der Waals surface area contributed by atoms with E-state index in [1.54, 1.807) is 6.33 Å². The Labute approximate surface area is 123 Å². The third-order valence-corrected chi connectivity index (χ3v) is 3.93. The van der Waals surface area contributed by atoms with Crippen LogP contribution < -0.4 is 0 Å². The summed E-state index contributed by atoms with van der Waals surface area (Å²) in [5.41, 5.74) is 3.47. The van der Waals surface area contributed by atoms with Crippen molar-refractivity contribution in [3.8, 4) is 0 Å². The molecule has 2 aromatic rings. The van der Waals surface area contributed by atoms with E-state index in [0.29, 0.717) is 11.4 Å². The second-order valence-electron chi connectivity index (χ2n) is 5.08. The minimum atomic E-state index is -0.377. The predicted molar refractivity (Wildman–Crippen MR) is 77.3 cm³/mol. The van der Waals surface area contributed by atoms with Gasteiger partial charge in [-0.05, 0) is 24.8 Å². The maximum Gasteiger partial charge on any atom is 0.356 e. The minimum absolute atomic E-state index is 0.0742. The fraction of sp³-hybridized carbons (Fsp3) is 0.312. The first-order valence-corrected chi connectivity index (χ1v) is 6.85. The summed E-state index contributed by atoms with van der Waals surface area (Å²) in [5.74, 6) is -0.377. The van der Waals surface area contributed by atoms with Gasteiger partial charge in [0.05, 0.1) is 32.2 Å². The van der Waals surface area contributed by atoms with Crippen molar-refractivity contribution < 1.29 is 9.53 Å². The number of carbonyl (C=O) groups excluding carboxylic acids is 1. The Bertz CT molecular complexity index is 727. The fourth-order valence-corrected chi connectivity index (χ4v) is 2.95. The van der Waals surface area contributed by atoms with Crippen LogP contribution in [0.2, 0.25) is 0 Å². The van der Waals surface area contributed by atoms with Crippen LogP contribution in [-0.2, 0) is 11.2 Å². The van der Waals surface area contributed by atoms with Crippen molar-refractivity contribution >= 4 is 11.7 Å². The Morgan fingerprint density at radius 2 is 2.38 bits per heavy atom. The topological polar surface area (TPSA) is 48.5 Å². The maximum atomic E-state index is 11.8. The molecule has 21 heavy (non-hydrogen) atoms. The van der Waals surface area contributed by atoms with E-state index in [-0.39, 0.29) is 12.0 Å². The Kier molecular flexibility index (Phi) is 3.44. The molecule has 0 spiro atoms. The van der Waals surface area contributed by atoms with Gasteiger partial charge in [-0.2, -0.15) is 0 Å². The number of hydrogen-bond donors (Lipinski definition) is 0. The average molecular weight is 281 g/mol. The van der Waals surface area contributed by atoms with Gasteiger partial charge in [0.1, 0.15) is 5.69 Å². The smallest absolute Gasteiger partial charge is 0.356 e. The van der Waals surface area contributed by atoms with Gasteiger partial charge in [-0.1, -0.05) is 23.8 Å².